The Balaban J connectivity index is 2.00. The van der Waals surface area contributed by atoms with Crippen LogP contribution in [0.15, 0.2) is 78.5 Å². The fraction of sp³-hybridized carbons (Fsp3) is 0.190. The molecule has 0 bridgehead atoms. The summed E-state index contributed by atoms with van der Waals surface area (Å²) in [5.74, 6) is 0.780. The van der Waals surface area contributed by atoms with Crippen molar-refractivity contribution >= 4 is 17.7 Å². The van der Waals surface area contributed by atoms with Crippen molar-refractivity contribution < 1.29 is 4.79 Å². The summed E-state index contributed by atoms with van der Waals surface area (Å²) in [6, 6.07) is 19.7. The van der Waals surface area contributed by atoms with Gasteiger partial charge in [-0.25, -0.2) is 0 Å². The summed E-state index contributed by atoms with van der Waals surface area (Å²) in [4.78, 5) is 14.4. The van der Waals surface area contributed by atoms with Crippen molar-refractivity contribution in [2.45, 2.75) is 17.0 Å². The molecule has 0 aliphatic carbocycles. The number of rotatable bonds is 7. The normalized spacial score (nSPS) is 11.8. The van der Waals surface area contributed by atoms with E-state index in [0.717, 1.165) is 17.0 Å². The summed E-state index contributed by atoms with van der Waals surface area (Å²) in [7, 11) is 3.53. The van der Waals surface area contributed by atoms with E-state index in [9.17, 15) is 4.79 Å². The Kier molecular flexibility index (Phi) is 6.08. The maximum atomic E-state index is 12.8. The molecule has 1 unspecified atom stereocenters. The number of nitrogens with zero attached hydrogens (tertiary/aromatic N) is 4. The maximum Gasteiger partial charge on any atom is 0.240 e. The Bertz CT molecular complexity index is 906. The van der Waals surface area contributed by atoms with Crippen molar-refractivity contribution in [3.63, 3.8) is 0 Å². The molecule has 6 heteroatoms. The van der Waals surface area contributed by atoms with Crippen molar-refractivity contribution in [2.24, 2.45) is 0 Å². The van der Waals surface area contributed by atoms with Gasteiger partial charge in [0.1, 0.15) is 5.25 Å². The van der Waals surface area contributed by atoms with Crippen LogP contribution in [0.2, 0.25) is 0 Å². The van der Waals surface area contributed by atoms with E-state index in [-0.39, 0.29) is 5.91 Å². The smallest absolute Gasteiger partial charge is 0.240 e. The van der Waals surface area contributed by atoms with Crippen molar-refractivity contribution in [1.29, 1.82) is 0 Å². The van der Waals surface area contributed by atoms with Crippen LogP contribution in [0, 0.1) is 0 Å². The summed E-state index contributed by atoms with van der Waals surface area (Å²) < 4.78 is 1.99. The second kappa shape index (κ2) is 8.68. The van der Waals surface area contributed by atoms with Gasteiger partial charge in [0.2, 0.25) is 5.91 Å². The van der Waals surface area contributed by atoms with Gasteiger partial charge in [0.05, 0.1) is 0 Å². The van der Waals surface area contributed by atoms with Crippen LogP contribution in [-0.2, 0) is 11.3 Å². The molecule has 1 heterocycles. The molecule has 5 nitrogen and oxygen atoms in total. The number of hydrogen-bond acceptors (Lipinski definition) is 4. The van der Waals surface area contributed by atoms with Crippen molar-refractivity contribution in [3.05, 3.63) is 78.9 Å². The fourth-order valence-corrected chi connectivity index (χ4v) is 3.89. The zero-order chi connectivity index (χ0) is 19.2. The lowest BCUT2D eigenvalue weighted by atomic mass is 10.1. The van der Waals surface area contributed by atoms with Gasteiger partial charge < -0.3 is 4.90 Å². The number of likely N-dealkylation sites (N-methyl/N-ethyl adjacent to an activating group) is 1. The Morgan fingerprint density at radius 3 is 2.33 bits per heavy atom. The van der Waals surface area contributed by atoms with Gasteiger partial charge in [-0.15, -0.1) is 16.8 Å². The molecular formula is C21H22N4OS. The van der Waals surface area contributed by atoms with Crippen LogP contribution in [-0.4, -0.2) is 39.7 Å². The summed E-state index contributed by atoms with van der Waals surface area (Å²) in [5.41, 5.74) is 1.92. The molecule has 1 aromatic heterocycles. The zero-order valence-electron chi connectivity index (χ0n) is 15.4. The lowest BCUT2D eigenvalue weighted by Gasteiger charge is -2.20. The highest BCUT2D eigenvalue weighted by molar-refractivity contribution is 8.00. The number of benzene rings is 2. The Morgan fingerprint density at radius 1 is 1.11 bits per heavy atom. The third-order valence-corrected chi connectivity index (χ3v) is 5.27. The highest BCUT2D eigenvalue weighted by atomic mass is 32.2. The van der Waals surface area contributed by atoms with Crippen molar-refractivity contribution in [1.82, 2.24) is 19.7 Å². The molecule has 0 aliphatic heterocycles. The van der Waals surface area contributed by atoms with Crippen molar-refractivity contribution in [2.75, 3.05) is 14.1 Å². The molecular weight excluding hydrogens is 356 g/mol. The van der Waals surface area contributed by atoms with Gasteiger partial charge in [-0.1, -0.05) is 78.5 Å². The molecule has 2 aromatic carbocycles. The molecule has 138 valence electrons. The molecule has 0 aliphatic rings. The molecule has 0 spiro atoms. The first kappa shape index (κ1) is 18.9. The first-order valence-corrected chi connectivity index (χ1v) is 9.52. The van der Waals surface area contributed by atoms with Crippen LogP contribution < -0.4 is 0 Å². The van der Waals surface area contributed by atoms with Gasteiger partial charge in [0.25, 0.3) is 0 Å². The fourth-order valence-electron chi connectivity index (χ4n) is 2.70. The molecule has 0 radical (unpaired) electrons. The van der Waals surface area contributed by atoms with E-state index in [1.165, 1.54) is 11.8 Å². The molecule has 3 aromatic rings. The lowest BCUT2D eigenvalue weighted by Crippen LogP contribution is -2.27. The first-order chi connectivity index (χ1) is 13.1. The van der Waals surface area contributed by atoms with E-state index in [4.69, 9.17) is 0 Å². The van der Waals surface area contributed by atoms with Gasteiger partial charge in [0, 0.05) is 26.2 Å². The summed E-state index contributed by atoms with van der Waals surface area (Å²) >= 11 is 1.41. The predicted octanol–water partition coefficient (Wildman–Crippen LogP) is 4.05. The van der Waals surface area contributed by atoms with Crippen LogP contribution in [0.1, 0.15) is 10.8 Å². The molecule has 3 rings (SSSR count). The Labute approximate surface area is 163 Å². The monoisotopic (exact) mass is 378 g/mol. The number of carbonyl (C=O) groups excluding carboxylic acids is 1. The second-order valence-corrected chi connectivity index (χ2v) is 7.28. The van der Waals surface area contributed by atoms with E-state index in [1.807, 2.05) is 71.3 Å². The summed E-state index contributed by atoms with van der Waals surface area (Å²) in [6.07, 6.45) is 1.81. The third kappa shape index (κ3) is 4.28. The standard InChI is InChI=1S/C21H22N4OS/c1-4-15-25-19(17-13-9-6-10-14-17)22-23-21(25)27-18(20(26)24(2)3)16-11-7-5-8-12-16/h4-14,18H,1,15H2,2-3H3. The summed E-state index contributed by atoms with van der Waals surface area (Å²) in [6.45, 7) is 4.42. The van der Waals surface area contributed by atoms with Gasteiger partial charge in [-0.3, -0.25) is 9.36 Å². The zero-order valence-corrected chi connectivity index (χ0v) is 16.3. The molecule has 0 N–H and O–H groups in total. The minimum absolute atomic E-state index is 0.0145. The van der Waals surface area contributed by atoms with E-state index in [2.05, 4.69) is 16.8 Å². The number of allylic oxidation sites excluding steroid dienone is 1. The second-order valence-electron chi connectivity index (χ2n) is 6.21. The molecule has 27 heavy (non-hydrogen) atoms. The number of carbonyl (C=O) groups is 1. The number of aromatic nitrogens is 3. The van der Waals surface area contributed by atoms with Gasteiger partial charge >= 0.3 is 0 Å². The lowest BCUT2D eigenvalue weighted by molar-refractivity contribution is -0.128. The average molecular weight is 379 g/mol. The third-order valence-electron chi connectivity index (χ3n) is 4.05. The number of thioether (sulfide) groups is 1. The Hall–Kier alpha value is -2.86. The van der Waals surface area contributed by atoms with Crippen molar-refractivity contribution in [3.8, 4) is 11.4 Å². The van der Waals surface area contributed by atoms with Crippen LogP contribution in [0.5, 0.6) is 0 Å². The van der Waals surface area contributed by atoms with E-state index in [1.54, 1.807) is 19.0 Å². The topological polar surface area (TPSA) is 51.0 Å². The summed E-state index contributed by atoms with van der Waals surface area (Å²) in [5, 5.41) is 9.05. The molecule has 0 saturated carbocycles. The molecule has 1 atom stereocenters. The van der Waals surface area contributed by atoms with E-state index >= 15 is 0 Å². The number of hydrogen-bond donors (Lipinski definition) is 0. The highest BCUT2D eigenvalue weighted by Crippen LogP contribution is 2.36. The minimum atomic E-state index is -0.391. The van der Waals surface area contributed by atoms with Crippen LogP contribution in [0.25, 0.3) is 11.4 Å². The van der Waals surface area contributed by atoms with Gasteiger partial charge in [-0.2, -0.15) is 0 Å². The molecule has 0 saturated heterocycles. The average Bonchev–Trinajstić information content (AvgIpc) is 3.09. The van der Waals surface area contributed by atoms with Crippen LogP contribution >= 0.6 is 11.8 Å². The van der Waals surface area contributed by atoms with Gasteiger partial charge in [-0.05, 0) is 5.56 Å². The minimum Gasteiger partial charge on any atom is -0.348 e. The Morgan fingerprint density at radius 2 is 1.74 bits per heavy atom. The quantitative estimate of drug-likeness (QED) is 0.460. The maximum absolute atomic E-state index is 12.8. The number of amides is 1. The van der Waals surface area contributed by atoms with E-state index in [0.29, 0.717) is 11.7 Å². The van der Waals surface area contributed by atoms with Crippen LogP contribution in [0.3, 0.4) is 0 Å². The van der Waals surface area contributed by atoms with E-state index < -0.39 is 5.25 Å². The molecule has 1 amide bonds. The van der Waals surface area contributed by atoms with Crippen LogP contribution in [0.4, 0.5) is 0 Å². The largest absolute Gasteiger partial charge is 0.348 e. The first-order valence-electron chi connectivity index (χ1n) is 8.64. The molecule has 0 fully saturated rings. The van der Waals surface area contributed by atoms with Gasteiger partial charge in [0.15, 0.2) is 11.0 Å². The SMILES string of the molecule is C=CCn1c(SC(C(=O)N(C)C)c2ccccc2)nnc1-c1ccccc1. The highest BCUT2D eigenvalue weighted by Gasteiger charge is 2.26. The predicted molar refractivity (Wildman–Crippen MR) is 109 cm³/mol.